The lowest BCUT2D eigenvalue weighted by molar-refractivity contribution is 0.121. The molecule has 2 unspecified atom stereocenters. The molecule has 2 saturated heterocycles. The van der Waals surface area contributed by atoms with Gasteiger partial charge in [-0.25, -0.2) is 0 Å². The summed E-state index contributed by atoms with van der Waals surface area (Å²) in [5, 5.41) is 12.0. The zero-order valence-corrected chi connectivity index (χ0v) is 5.35. The Hall–Kier alpha value is -0.550. The van der Waals surface area contributed by atoms with Crippen LogP contribution >= 0.6 is 0 Å². The molecular formula is C7H10N2. The number of fused-ring (bicyclic) bond motifs is 2. The highest BCUT2D eigenvalue weighted by atomic mass is 15.1. The van der Waals surface area contributed by atoms with E-state index in [1.165, 1.54) is 12.8 Å². The third-order valence-electron chi connectivity index (χ3n) is 2.45. The van der Waals surface area contributed by atoms with Gasteiger partial charge in [-0.15, -0.1) is 0 Å². The first kappa shape index (κ1) is 5.25. The highest BCUT2D eigenvalue weighted by Gasteiger charge is 2.46. The molecule has 2 nitrogen and oxygen atoms in total. The summed E-state index contributed by atoms with van der Waals surface area (Å²) in [6.45, 7) is 0. The summed E-state index contributed by atoms with van der Waals surface area (Å²) in [6, 6.07) is 3.01. The van der Waals surface area contributed by atoms with Gasteiger partial charge in [-0.1, -0.05) is 0 Å². The van der Waals surface area contributed by atoms with Gasteiger partial charge in [0.05, 0.1) is 6.07 Å². The number of hydrogen-bond acceptors (Lipinski definition) is 2. The molecule has 3 rings (SSSR count). The van der Waals surface area contributed by atoms with Crippen molar-refractivity contribution in [2.24, 2.45) is 0 Å². The largest absolute Gasteiger partial charge is 0.296 e. The van der Waals surface area contributed by atoms with E-state index in [0.29, 0.717) is 6.04 Å². The molecule has 2 aliphatic heterocycles. The Labute approximate surface area is 54.9 Å². The average Bonchev–Trinajstić information content (AvgIpc) is 1.88. The minimum absolute atomic E-state index is 0.0804. The van der Waals surface area contributed by atoms with Gasteiger partial charge in [-0.2, -0.15) is 5.26 Å². The maximum atomic E-state index is 8.68. The highest BCUT2D eigenvalue weighted by Crippen LogP contribution is 2.37. The fourth-order valence-electron chi connectivity index (χ4n) is 1.92. The molecule has 2 atom stereocenters. The molecule has 3 fully saturated rings. The normalized spacial score (nSPS) is 47.2. The Morgan fingerprint density at radius 3 is 2.78 bits per heavy atom. The number of piperidine rings is 1. The van der Waals surface area contributed by atoms with Crippen LogP contribution < -0.4 is 5.32 Å². The van der Waals surface area contributed by atoms with Crippen LogP contribution in [-0.4, -0.2) is 11.6 Å². The number of hydrogen-bond donors (Lipinski definition) is 1. The molecule has 0 aromatic carbocycles. The summed E-state index contributed by atoms with van der Waals surface area (Å²) < 4.78 is 0. The van der Waals surface area contributed by atoms with Gasteiger partial charge in [-0.3, -0.25) is 5.32 Å². The van der Waals surface area contributed by atoms with E-state index in [4.69, 9.17) is 5.26 Å². The minimum atomic E-state index is -0.0804. The van der Waals surface area contributed by atoms with Crippen LogP contribution in [0.3, 0.4) is 0 Å². The topological polar surface area (TPSA) is 35.8 Å². The van der Waals surface area contributed by atoms with Crippen LogP contribution in [0.2, 0.25) is 0 Å². The first-order valence-electron chi connectivity index (χ1n) is 3.54. The van der Waals surface area contributed by atoms with Gasteiger partial charge in [0, 0.05) is 6.04 Å². The average molecular weight is 122 g/mol. The van der Waals surface area contributed by atoms with E-state index in [-0.39, 0.29) is 5.54 Å². The minimum Gasteiger partial charge on any atom is -0.296 e. The van der Waals surface area contributed by atoms with Gasteiger partial charge >= 0.3 is 0 Å². The second-order valence-electron chi connectivity index (χ2n) is 3.13. The van der Waals surface area contributed by atoms with Crippen molar-refractivity contribution in [1.29, 1.82) is 5.26 Å². The van der Waals surface area contributed by atoms with Gasteiger partial charge in [0.25, 0.3) is 0 Å². The molecule has 1 N–H and O–H groups in total. The zero-order valence-electron chi connectivity index (χ0n) is 5.35. The number of nitriles is 1. The smallest absolute Gasteiger partial charge is 0.108 e. The van der Waals surface area contributed by atoms with Crippen molar-refractivity contribution < 1.29 is 0 Å². The van der Waals surface area contributed by atoms with E-state index in [2.05, 4.69) is 11.4 Å². The predicted octanol–water partition coefficient (Wildman–Crippen LogP) is 0.795. The molecule has 0 spiro atoms. The van der Waals surface area contributed by atoms with Gasteiger partial charge in [0.2, 0.25) is 0 Å². The molecule has 3 aliphatic rings. The molecule has 2 heterocycles. The van der Waals surface area contributed by atoms with E-state index in [1.807, 2.05) is 0 Å². The first-order valence-corrected chi connectivity index (χ1v) is 3.54. The maximum absolute atomic E-state index is 8.68. The molecule has 1 aliphatic carbocycles. The summed E-state index contributed by atoms with van der Waals surface area (Å²) in [4.78, 5) is 0. The molecular weight excluding hydrogens is 112 g/mol. The van der Waals surface area contributed by atoms with Crippen molar-refractivity contribution in [3.8, 4) is 6.07 Å². The van der Waals surface area contributed by atoms with Crippen LogP contribution in [0, 0.1) is 11.3 Å². The summed E-state index contributed by atoms with van der Waals surface area (Å²) in [6.07, 6.45) is 4.69. The number of nitrogens with one attached hydrogen (secondary N) is 1. The van der Waals surface area contributed by atoms with Gasteiger partial charge in [0.15, 0.2) is 0 Å². The molecule has 48 valence electrons. The van der Waals surface area contributed by atoms with Crippen molar-refractivity contribution in [2.45, 2.75) is 37.3 Å². The molecule has 1 saturated carbocycles. The Morgan fingerprint density at radius 1 is 1.67 bits per heavy atom. The summed E-state index contributed by atoms with van der Waals surface area (Å²) in [7, 11) is 0. The van der Waals surface area contributed by atoms with Crippen molar-refractivity contribution in [3.05, 3.63) is 0 Å². The number of rotatable bonds is 0. The summed E-state index contributed by atoms with van der Waals surface area (Å²) >= 11 is 0. The van der Waals surface area contributed by atoms with Crippen LogP contribution in [-0.2, 0) is 0 Å². The Morgan fingerprint density at radius 2 is 2.44 bits per heavy atom. The summed E-state index contributed by atoms with van der Waals surface area (Å²) in [5.74, 6) is 0. The zero-order chi connectivity index (χ0) is 6.32. The highest BCUT2D eigenvalue weighted by molar-refractivity contribution is 5.19. The molecule has 0 aromatic rings. The standard InChI is InChI=1S/C7H10N2/c8-5-7-3-1-2-6(4-7)9-7/h6,9H,1-4H2. The fourth-order valence-corrected chi connectivity index (χ4v) is 1.92. The van der Waals surface area contributed by atoms with Crippen LogP contribution in [0.25, 0.3) is 0 Å². The third-order valence-corrected chi connectivity index (χ3v) is 2.45. The van der Waals surface area contributed by atoms with Gasteiger partial charge in [-0.05, 0) is 25.7 Å². The van der Waals surface area contributed by atoms with Crippen LogP contribution in [0.1, 0.15) is 25.7 Å². The van der Waals surface area contributed by atoms with Crippen molar-refractivity contribution in [2.75, 3.05) is 0 Å². The lowest BCUT2D eigenvalue weighted by Gasteiger charge is -2.49. The summed E-state index contributed by atoms with van der Waals surface area (Å²) in [5.41, 5.74) is -0.0804. The van der Waals surface area contributed by atoms with Crippen molar-refractivity contribution >= 4 is 0 Å². The Kier molecular flexibility index (Phi) is 0.866. The molecule has 2 bridgehead atoms. The van der Waals surface area contributed by atoms with Crippen LogP contribution in [0.4, 0.5) is 0 Å². The molecule has 2 heteroatoms. The molecule has 9 heavy (non-hydrogen) atoms. The van der Waals surface area contributed by atoms with E-state index in [9.17, 15) is 0 Å². The van der Waals surface area contributed by atoms with Crippen LogP contribution in [0.15, 0.2) is 0 Å². The van der Waals surface area contributed by atoms with E-state index in [0.717, 1.165) is 12.8 Å². The second-order valence-corrected chi connectivity index (χ2v) is 3.13. The Balaban J connectivity index is 2.12. The SMILES string of the molecule is N#CC12CCCC(C1)N2. The Bertz CT molecular complexity index is 157. The van der Waals surface area contributed by atoms with Gasteiger partial charge in [0.1, 0.15) is 5.54 Å². The monoisotopic (exact) mass is 122 g/mol. The quantitative estimate of drug-likeness (QED) is 0.515. The van der Waals surface area contributed by atoms with Crippen molar-refractivity contribution in [3.63, 3.8) is 0 Å². The predicted molar refractivity (Wildman–Crippen MR) is 33.7 cm³/mol. The van der Waals surface area contributed by atoms with E-state index < -0.39 is 0 Å². The molecule has 0 amide bonds. The lowest BCUT2D eigenvalue weighted by atomic mass is 9.72. The van der Waals surface area contributed by atoms with E-state index >= 15 is 0 Å². The molecule has 0 radical (unpaired) electrons. The fraction of sp³-hybridized carbons (Fsp3) is 0.857. The number of nitrogens with zero attached hydrogens (tertiary/aromatic N) is 1. The van der Waals surface area contributed by atoms with Crippen molar-refractivity contribution in [1.82, 2.24) is 5.32 Å². The van der Waals surface area contributed by atoms with Crippen LogP contribution in [0.5, 0.6) is 0 Å². The van der Waals surface area contributed by atoms with E-state index in [1.54, 1.807) is 0 Å². The van der Waals surface area contributed by atoms with Gasteiger partial charge < -0.3 is 0 Å². The second kappa shape index (κ2) is 1.48. The first-order chi connectivity index (χ1) is 4.35. The maximum Gasteiger partial charge on any atom is 0.108 e. The molecule has 0 aromatic heterocycles. The third kappa shape index (κ3) is 0.585. The lowest BCUT2D eigenvalue weighted by Crippen LogP contribution is -2.65.